The van der Waals surface area contributed by atoms with Crippen molar-refractivity contribution in [1.82, 2.24) is 5.32 Å². The molecule has 112 valence electrons. The summed E-state index contributed by atoms with van der Waals surface area (Å²) in [5.41, 5.74) is 0. The molecule has 0 saturated heterocycles. The predicted molar refractivity (Wildman–Crippen MR) is 82.9 cm³/mol. The number of furan rings is 1. The second-order valence-electron chi connectivity index (χ2n) is 4.81. The quantitative estimate of drug-likeness (QED) is 0.916. The first-order valence-corrected chi connectivity index (χ1v) is 8.19. The van der Waals surface area contributed by atoms with Crippen LogP contribution in [-0.2, 0) is 16.6 Å². The summed E-state index contributed by atoms with van der Waals surface area (Å²) in [4.78, 5) is 12.3. The Morgan fingerprint density at radius 2 is 2.00 bits per heavy atom. The molecule has 1 heterocycles. The van der Waals surface area contributed by atoms with Gasteiger partial charge in [0.1, 0.15) is 5.76 Å². The number of benzene rings is 1. The van der Waals surface area contributed by atoms with Gasteiger partial charge in [-0.1, -0.05) is 23.7 Å². The number of hydrogen-bond donors (Lipinski definition) is 1. The maximum Gasteiger partial charge on any atom is 0.287 e. The molecule has 1 aromatic heterocycles. The Labute approximate surface area is 130 Å². The molecular weight excluding hydrogens is 310 g/mol. The normalized spacial score (nSPS) is 12.4. The first-order valence-electron chi connectivity index (χ1n) is 6.50. The van der Waals surface area contributed by atoms with Crippen molar-refractivity contribution < 1.29 is 13.4 Å². The minimum atomic E-state index is -1.31. The Kier molecular flexibility index (Phi) is 5.20. The van der Waals surface area contributed by atoms with E-state index in [0.29, 0.717) is 15.7 Å². The number of amides is 1. The second kappa shape index (κ2) is 6.91. The molecule has 0 spiro atoms. The van der Waals surface area contributed by atoms with Crippen LogP contribution < -0.4 is 5.32 Å². The molecule has 0 radical (unpaired) electrons. The van der Waals surface area contributed by atoms with E-state index in [1.54, 1.807) is 36.4 Å². The Balaban J connectivity index is 2.08. The van der Waals surface area contributed by atoms with Gasteiger partial charge in [-0.2, -0.15) is 0 Å². The molecule has 1 amide bonds. The second-order valence-corrected chi connectivity index (χ2v) is 6.64. The molecule has 0 bridgehead atoms. The Hall–Kier alpha value is -1.59. The van der Waals surface area contributed by atoms with Crippen LogP contribution in [0.15, 0.2) is 45.7 Å². The van der Waals surface area contributed by atoms with Crippen LogP contribution >= 0.6 is 11.6 Å². The molecule has 2 aromatic rings. The summed E-state index contributed by atoms with van der Waals surface area (Å²) in [5, 5.41) is 3.20. The number of rotatable bonds is 5. The van der Waals surface area contributed by atoms with Gasteiger partial charge in [-0.05, 0) is 38.1 Å². The molecule has 4 nitrogen and oxygen atoms in total. The van der Waals surface area contributed by atoms with Crippen molar-refractivity contribution in [3.05, 3.63) is 52.9 Å². The molecule has 0 saturated carbocycles. The number of carbonyl (C=O) groups excluding carboxylic acids is 1. The molecule has 1 aromatic carbocycles. The van der Waals surface area contributed by atoms with Crippen LogP contribution in [0.4, 0.5) is 0 Å². The van der Waals surface area contributed by atoms with E-state index in [2.05, 4.69) is 5.32 Å². The SMILES string of the molecule is CC(C)NC(=O)c1ccc(CS(=O)c2ccccc2Cl)o1. The third kappa shape index (κ3) is 4.19. The Morgan fingerprint density at radius 3 is 2.67 bits per heavy atom. The molecule has 0 fully saturated rings. The zero-order valence-corrected chi connectivity index (χ0v) is 13.3. The van der Waals surface area contributed by atoms with Crippen LogP contribution in [-0.4, -0.2) is 16.2 Å². The number of hydrogen-bond acceptors (Lipinski definition) is 3. The summed E-state index contributed by atoms with van der Waals surface area (Å²) in [6, 6.07) is 10.2. The van der Waals surface area contributed by atoms with Crippen LogP contribution in [0.3, 0.4) is 0 Å². The molecule has 2 rings (SSSR count). The van der Waals surface area contributed by atoms with E-state index in [0.717, 1.165) is 0 Å². The summed E-state index contributed by atoms with van der Waals surface area (Å²) < 4.78 is 17.7. The van der Waals surface area contributed by atoms with Crippen molar-refractivity contribution >= 4 is 28.3 Å². The van der Waals surface area contributed by atoms with Crippen molar-refractivity contribution in [3.63, 3.8) is 0 Å². The van der Waals surface area contributed by atoms with E-state index in [1.165, 1.54) is 0 Å². The molecule has 0 aliphatic carbocycles. The van der Waals surface area contributed by atoms with Gasteiger partial charge in [-0.25, -0.2) is 0 Å². The van der Waals surface area contributed by atoms with E-state index in [-0.39, 0.29) is 23.5 Å². The fourth-order valence-electron chi connectivity index (χ4n) is 1.75. The van der Waals surface area contributed by atoms with Crippen molar-refractivity contribution in [1.29, 1.82) is 0 Å². The number of carbonyl (C=O) groups is 1. The van der Waals surface area contributed by atoms with E-state index in [1.807, 2.05) is 13.8 Å². The Bertz CT molecular complexity index is 666. The van der Waals surface area contributed by atoms with Gasteiger partial charge < -0.3 is 9.73 Å². The molecule has 0 aliphatic heterocycles. The van der Waals surface area contributed by atoms with Crippen LogP contribution in [0.5, 0.6) is 0 Å². The summed E-state index contributed by atoms with van der Waals surface area (Å²) >= 11 is 6.01. The van der Waals surface area contributed by atoms with Gasteiger partial charge in [0.05, 0.1) is 26.5 Å². The predicted octanol–water partition coefficient (Wildman–Crippen LogP) is 3.38. The number of halogens is 1. The van der Waals surface area contributed by atoms with Crippen molar-refractivity contribution in [2.24, 2.45) is 0 Å². The van der Waals surface area contributed by atoms with Gasteiger partial charge in [-0.15, -0.1) is 0 Å². The highest BCUT2D eigenvalue weighted by molar-refractivity contribution is 7.84. The van der Waals surface area contributed by atoms with Crippen molar-refractivity contribution in [2.45, 2.75) is 30.5 Å². The molecule has 1 N–H and O–H groups in total. The lowest BCUT2D eigenvalue weighted by Crippen LogP contribution is -2.29. The van der Waals surface area contributed by atoms with Gasteiger partial charge in [0.15, 0.2) is 5.76 Å². The first kappa shape index (κ1) is 15.8. The van der Waals surface area contributed by atoms with E-state index in [4.69, 9.17) is 16.0 Å². The third-order valence-corrected chi connectivity index (χ3v) is 4.50. The van der Waals surface area contributed by atoms with Crippen LogP contribution in [0.25, 0.3) is 0 Å². The lowest BCUT2D eigenvalue weighted by Gasteiger charge is -2.05. The monoisotopic (exact) mass is 325 g/mol. The highest BCUT2D eigenvalue weighted by Crippen LogP contribution is 2.22. The molecule has 6 heteroatoms. The zero-order chi connectivity index (χ0) is 15.4. The highest BCUT2D eigenvalue weighted by atomic mass is 35.5. The van der Waals surface area contributed by atoms with E-state index >= 15 is 0 Å². The minimum absolute atomic E-state index is 0.0308. The lowest BCUT2D eigenvalue weighted by molar-refractivity contribution is 0.0913. The summed E-state index contributed by atoms with van der Waals surface area (Å²) in [5.74, 6) is 0.607. The van der Waals surface area contributed by atoms with Crippen LogP contribution in [0.1, 0.15) is 30.2 Å². The minimum Gasteiger partial charge on any atom is -0.455 e. The molecule has 1 atom stereocenters. The standard InChI is InChI=1S/C15H16ClNO3S/c1-10(2)17-15(18)13-8-7-11(20-13)9-21(19)14-6-4-3-5-12(14)16/h3-8,10H,9H2,1-2H3,(H,17,18). The molecular formula is C15H16ClNO3S. The first-order chi connectivity index (χ1) is 9.97. The summed E-state index contributed by atoms with van der Waals surface area (Å²) in [6.45, 7) is 3.74. The van der Waals surface area contributed by atoms with Gasteiger partial charge >= 0.3 is 0 Å². The van der Waals surface area contributed by atoms with E-state index in [9.17, 15) is 9.00 Å². The average Bonchev–Trinajstić information content (AvgIpc) is 2.87. The highest BCUT2D eigenvalue weighted by Gasteiger charge is 2.15. The van der Waals surface area contributed by atoms with Crippen molar-refractivity contribution in [3.8, 4) is 0 Å². The zero-order valence-electron chi connectivity index (χ0n) is 11.8. The Morgan fingerprint density at radius 1 is 1.29 bits per heavy atom. The lowest BCUT2D eigenvalue weighted by atomic mass is 10.3. The fraction of sp³-hybridized carbons (Fsp3) is 0.267. The summed E-state index contributed by atoms with van der Waals surface area (Å²) in [7, 11) is -1.31. The van der Waals surface area contributed by atoms with Crippen LogP contribution in [0, 0.1) is 0 Å². The van der Waals surface area contributed by atoms with Crippen molar-refractivity contribution in [2.75, 3.05) is 0 Å². The smallest absolute Gasteiger partial charge is 0.287 e. The molecule has 0 aliphatic rings. The third-order valence-electron chi connectivity index (χ3n) is 2.66. The van der Waals surface area contributed by atoms with Gasteiger partial charge in [0, 0.05) is 6.04 Å². The molecule has 1 unspecified atom stereocenters. The maximum absolute atomic E-state index is 12.3. The molecule has 21 heavy (non-hydrogen) atoms. The average molecular weight is 326 g/mol. The summed E-state index contributed by atoms with van der Waals surface area (Å²) in [6.07, 6.45) is 0. The fourth-order valence-corrected chi connectivity index (χ4v) is 3.23. The van der Waals surface area contributed by atoms with Gasteiger partial charge in [-0.3, -0.25) is 9.00 Å². The van der Waals surface area contributed by atoms with Gasteiger partial charge in [0.25, 0.3) is 5.91 Å². The van der Waals surface area contributed by atoms with E-state index < -0.39 is 10.8 Å². The van der Waals surface area contributed by atoms with Crippen LogP contribution in [0.2, 0.25) is 5.02 Å². The van der Waals surface area contributed by atoms with Gasteiger partial charge in [0.2, 0.25) is 0 Å². The largest absolute Gasteiger partial charge is 0.455 e. The topological polar surface area (TPSA) is 59.3 Å². The number of nitrogens with one attached hydrogen (secondary N) is 1. The maximum atomic E-state index is 12.3.